The van der Waals surface area contributed by atoms with Crippen molar-refractivity contribution in [3.8, 4) is 11.4 Å². The average molecular weight is 421 g/mol. The van der Waals surface area contributed by atoms with Gasteiger partial charge in [-0.1, -0.05) is 11.6 Å². The zero-order valence-corrected chi connectivity index (χ0v) is 13.1. The van der Waals surface area contributed by atoms with Gasteiger partial charge in [-0.05, 0) is 52.9 Å². The van der Waals surface area contributed by atoms with Gasteiger partial charge in [0, 0.05) is 14.5 Å². The Kier molecular flexibility index (Phi) is 3.75. The Hall–Kier alpha value is -1.41. The van der Waals surface area contributed by atoms with Gasteiger partial charge in [-0.25, -0.2) is 23.1 Å². The van der Waals surface area contributed by atoms with Crippen LogP contribution in [-0.4, -0.2) is 9.97 Å². The van der Waals surface area contributed by atoms with Gasteiger partial charge in [0.05, 0.1) is 5.52 Å². The molecular weight excluding hydrogens is 416 g/mol. The molecule has 0 radical (unpaired) electrons. The molecule has 21 heavy (non-hydrogen) atoms. The zero-order chi connectivity index (χ0) is 15.1. The van der Waals surface area contributed by atoms with Crippen LogP contribution in [0.2, 0.25) is 5.15 Å². The van der Waals surface area contributed by atoms with E-state index in [2.05, 4.69) is 32.6 Å². The van der Waals surface area contributed by atoms with Crippen molar-refractivity contribution in [2.75, 3.05) is 0 Å². The summed E-state index contributed by atoms with van der Waals surface area (Å²) in [4.78, 5) is 8.22. The van der Waals surface area contributed by atoms with E-state index in [0.717, 1.165) is 15.7 Å². The van der Waals surface area contributed by atoms with E-state index in [0.29, 0.717) is 10.9 Å². The molecule has 2 nitrogen and oxygen atoms in total. The minimum absolute atomic E-state index is 0.0220. The van der Waals surface area contributed by atoms with Crippen molar-refractivity contribution in [1.82, 2.24) is 9.97 Å². The summed E-state index contributed by atoms with van der Waals surface area (Å²) in [5.74, 6) is -4.09. The fourth-order valence-corrected chi connectivity index (χ4v) is 2.60. The molecule has 0 saturated carbocycles. The lowest BCUT2D eigenvalue weighted by Gasteiger charge is -2.06. The third-order valence-corrected chi connectivity index (χ3v) is 3.81. The summed E-state index contributed by atoms with van der Waals surface area (Å²) in [7, 11) is 0. The maximum Gasteiger partial charge on any atom is 0.194 e. The van der Waals surface area contributed by atoms with Crippen molar-refractivity contribution in [3.05, 3.63) is 56.5 Å². The van der Waals surface area contributed by atoms with Crippen molar-refractivity contribution >= 4 is 45.1 Å². The lowest BCUT2D eigenvalue weighted by molar-refractivity contribution is 0.447. The summed E-state index contributed by atoms with van der Waals surface area (Å²) in [6.07, 6.45) is 0. The van der Waals surface area contributed by atoms with Gasteiger partial charge >= 0.3 is 0 Å². The lowest BCUT2D eigenvalue weighted by Crippen LogP contribution is -1.96. The molecule has 0 atom stereocenters. The summed E-state index contributed by atoms with van der Waals surface area (Å²) in [5, 5.41) is 0.800. The predicted octanol–water partition coefficient (Wildman–Crippen LogP) is 4.97. The summed E-state index contributed by atoms with van der Waals surface area (Å²) in [5.41, 5.74) is 0.560. The molecule has 0 bridgehead atoms. The normalized spacial score (nSPS) is 11.1. The molecule has 0 N–H and O–H groups in total. The highest BCUT2D eigenvalue weighted by Crippen LogP contribution is 2.27. The van der Waals surface area contributed by atoms with Crippen molar-refractivity contribution in [2.45, 2.75) is 0 Å². The Morgan fingerprint density at radius 3 is 2.29 bits per heavy atom. The summed E-state index contributed by atoms with van der Waals surface area (Å²) in [6.45, 7) is 0. The van der Waals surface area contributed by atoms with Crippen molar-refractivity contribution < 1.29 is 13.2 Å². The Bertz CT molecular complexity index is 847. The highest BCUT2D eigenvalue weighted by atomic mass is 127. The SMILES string of the molecule is Fc1cc(-c2nc(Cl)c3cc(I)ccc3n2)cc(F)c1F. The summed E-state index contributed by atoms with van der Waals surface area (Å²) < 4.78 is 40.5. The molecule has 0 aliphatic rings. The van der Waals surface area contributed by atoms with Crippen LogP contribution in [0.25, 0.3) is 22.3 Å². The van der Waals surface area contributed by atoms with E-state index in [9.17, 15) is 13.2 Å². The zero-order valence-electron chi connectivity index (χ0n) is 10.2. The van der Waals surface area contributed by atoms with Crippen LogP contribution < -0.4 is 0 Å². The van der Waals surface area contributed by atoms with Gasteiger partial charge in [-0.2, -0.15) is 0 Å². The van der Waals surface area contributed by atoms with Gasteiger partial charge in [0.1, 0.15) is 5.15 Å². The van der Waals surface area contributed by atoms with E-state index >= 15 is 0 Å². The molecular formula is C14H5ClF3IN2. The molecule has 0 fully saturated rings. The van der Waals surface area contributed by atoms with E-state index in [1.165, 1.54) is 0 Å². The minimum Gasteiger partial charge on any atom is -0.228 e. The van der Waals surface area contributed by atoms with Crippen molar-refractivity contribution in [3.63, 3.8) is 0 Å². The van der Waals surface area contributed by atoms with Crippen LogP contribution in [0.15, 0.2) is 30.3 Å². The number of halogens is 5. The molecule has 1 aromatic heterocycles. The highest BCUT2D eigenvalue weighted by molar-refractivity contribution is 14.1. The van der Waals surface area contributed by atoms with Crippen molar-refractivity contribution in [1.29, 1.82) is 0 Å². The number of fused-ring (bicyclic) bond motifs is 1. The predicted molar refractivity (Wildman–Crippen MR) is 82.6 cm³/mol. The third kappa shape index (κ3) is 2.69. The second kappa shape index (κ2) is 5.42. The van der Waals surface area contributed by atoms with Crippen LogP contribution in [0.3, 0.4) is 0 Å². The molecule has 0 unspecified atom stereocenters. The minimum atomic E-state index is -1.53. The molecule has 0 amide bonds. The Morgan fingerprint density at radius 1 is 0.952 bits per heavy atom. The Balaban J connectivity index is 2.24. The van der Waals surface area contributed by atoms with Crippen LogP contribution >= 0.6 is 34.2 Å². The maximum atomic E-state index is 13.3. The molecule has 0 spiro atoms. The first-order valence-corrected chi connectivity index (χ1v) is 7.19. The first kappa shape index (κ1) is 14.5. The van der Waals surface area contributed by atoms with Gasteiger partial charge in [0.2, 0.25) is 0 Å². The van der Waals surface area contributed by atoms with Gasteiger partial charge in [0.25, 0.3) is 0 Å². The Labute approximate surface area is 136 Å². The quantitative estimate of drug-likeness (QED) is 0.315. The van der Waals surface area contributed by atoms with Crippen LogP contribution in [0, 0.1) is 21.0 Å². The molecule has 0 aliphatic heterocycles. The third-order valence-electron chi connectivity index (χ3n) is 2.85. The van der Waals surface area contributed by atoms with E-state index in [1.54, 1.807) is 12.1 Å². The van der Waals surface area contributed by atoms with Gasteiger partial charge < -0.3 is 0 Å². The average Bonchev–Trinajstić information content (AvgIpc) is 2.44. The molecule has 0 saturated heterocycles. The van der Waals surface area contributed by atoms with Crippen LogP contribution in [0.4, 0.5) is 13.2 Å². The summed E-state index contributed by atoms with van der Waals surface area (Å²) >= 11 is 8.20. The second-order valence-corrected chi connectivity index (χ2v) is 5.86. The molecule has 106 valence electrons. The monoisotopic (exact) mass is 420 g/mol. The fraction of sp³-hybridized carbons (Fsp3) is 0. The highest BCUT2D eigenvalue weighted by Gasteiger charge is 2.15. The van der Waals surface area contributed by atoms with Gasteiger partial charge in [0.15, 0.2) is 23.3 Å². The topological polar surface area (TPSA) is 25.8 Å². The molecule has 7 heteroatoms. The molecule has 3 rings (SSSR count). The first-order valence-electron chi connectivity index (χ1n) is 5.73. The number of nitrogens with zero attached hydrogens (tertiary/aromatic N) is 2. The molecule has 1 heterocycles. The van der Waals surface area contributed by atoms with Crippen LogP contribution in [0.5, 0.6) is 0 Å². The van der Waals surface area contributed by atoms with Crippen LogP contribution in [0.1, 0.15) is 0 Å². The standard InChI is InChI=1S/C14H5ClF3IN2/c15-13-8-5-7(19)1-2-11(8)20-14(21-13)6-3-9(16)12(18)10(17)4-6/h1-5H. The van der Waals surface area contributed by atoms with E-state index in [1.807, 2.05) is 6.07 Å². The molecule has 2 aromatic carbocycles. The maximum absolute atomic E-state index is 13.3. The summed E-state index contributed by atoms with van der Waals surface area (Å²) in [6, 6.07) is 7.02. The second-order valence-electron chi connectivity index (χ2n) is 4.25. The van der Waals surface area contributed by atoms with E-state index in [4.69, 9.17) is 11.6 Å². The largest absolute Gasteiger partial charge is 0.228 e. The lowest BCUT2D eigenvalue weighted by atomic mass is 10.1. The first-order chi connectivity index (χ1) is 9.95. The number of hydrogen-bond acceptors (Lipinski definition) is 2. The number of hydrogen-bond donors (Lipinski definition) is 0. The van der Waals surface area contributed by atoms with E-state index in [-0.39, 0.29) is 16.5 Å². The molecule has 3 aromatic rings. The van der Waals surface area contributed by atoms with Gasteiger partial charge in [-0.3, -0.25) is 0 Å². The number of rotatable bonds is 1. The Morgan fingerprint density at radius 2 is 1.62 bits per heavy atom. The van der Waals surface area contributed by atoms with E-state index < -0.39 is 17.5 Å². The number of aromatic nitrogens is 2. The van der Waals surface area contributed by atoms with Crippen LogP contribution in [-0.2, 0) is 0 Å². The number of benzene rings is 2. The van der Waals surface area contributed by atoms with Gasteiger partial charge in [-0.15, -0.1) is 0 Å². The smallest absolute Gasteiger partial charge is 0.194 e. The van der Waals surface area contributed by atoms with Crippen molar-refractivity contribution in [2.24, 2.45) is 0 Å². The molecule has 0 aliphatic carbocycles. The fourth-order valence-electron chi connectivity index (χ4n) is 1.88.